The Morgan fingerprint density at radius 3 is 2.33 bits per heavy atom. The van der Waals surface area contributed by atoms with E-state index in [0.717, 1.165) is 45.1 Å². The highest BCUT2D eigenvalue weighted by molar-refractivity contribution is 5.92. The zero-order valence-electron chi connectivity index (χ0n) is 20.2. The van der Waals surface area contributed by atoms with Gasteiger partial charge >= 0.3 is 0 Å². The SMILES string of the molecule is Cc1nn(-c2ccccc2)c(C)c1CNC(=O)/C=C/c1cn(-c2ccccc2)nc1-c1cccnc1. The summed E-state index contributed by atoms with van der Waals surface area (Å²) in [6, 6.07) is 23.7. The smallest absolute Gasteiger partial charge is 0.244 e. The summed E-state index contributed by atoms with van der Waals surface area (Å²) in [5.74, 6) is -0.189. The zero-order chi connectivity index (χ0) is 24.9. The summed E-state index contributed by atoms with van der Waals surface area (Å²) < 4.78 is 3.72. The first kappa shape index (κ1) is 23.0. The number of hydrogen-bond acceptors (Lipinski definition) is 4. The Bertz CT molecular complexity index is 1500. The molecule has 3 aromatic heterocycles. The number of carbonyl (C=O) groups is 1. The van der Waals surface area contributed by atoms with E-state index in [4.69, 9.17) is 5.10 Å². The van der Waals surface area contributed by atoms with E-state index in [1.807, 2.05) is 102 Å². The Morgan fingerprint density at radius 1 is 0.917 bits per heavy atom. The van der Waals surface area contributed by atoms with Crippen molar-refractivity contribution in [1.29, 1.82) is 0 Å². The van der Waals surface area contributed by atoms with Gasteiger partial charge in [-0.15, -0.1) is 0 Å². The summed E-state index contributed by atoms with van der Waals surface area (Å²) in [7, 11) is 0. The standard InChI is InChI=1S/C29H26N6O/c1-21-27(22(2)35(32-21)26-13-7-4-8-14-26)19-31-28(36)16-15-24-20-34(25-11-5-3-6-12-25)33-29(24)23-10-9-17-30-18-23/h3-18,20H,19H2,1-2H3,(H,31,36)/b16-15+. The Labute approximate surface area is 209 Å². The molecule has 0 aliphatic heterocycles. The summed E-state index contributed by atoms with van der Waals surface area (Å²) in [6.45, 7) is 4.37. The summed E-state index contributed by atoms with van der Waals surface area (Å²) >= 11 is 0. The average molecular weight is 475 g/mol. The number of nitrogens with zero attached hydrogens (tertiary/aromatic N) is 5. The van der Waals surface area contributed by atoms with Gasteiger partial charge in [0.25, 0.3) is 0 Å². The molecule has 0 saturated heterocycles. The van der Waals surface area contributed by atoms with E-state index in [-0.39, 0.29) is 5.91 Å². The Balaban J connectivity index is 1.35. The number of hydrogen-bond donors (Lipinski definition) is 1. The first-order valence-electron chi connectivity index (χ1n) is 11.7. The van der Waals surface area contributed by atoms with Crippen LogP contribution in [0.3, 0.4) is 0 Å². The Kier molecular flexibility index (Phi) is 6.53. The number of nitrogens with one attached hydrogen (secondary N) is 1. The van der Waals surface area contributed by atoms with Gasteiger partial charge in [-0.2, -0.15) is 10.2 Å². The van der Waals surface area contributed by atoms with E-state index in [1.165, 1.54) is 0 Å². The Morgan fingerprint density at radius 2 is 1.64 bits per heavy atom. The number of pyridine rings is 1. The third kappa shape index (κ3) is 4.86. The van der Waals surface area contributed by atoms with Crippen LogP contribution in [-0.2, 0) is 11.3 Å². The maximum Gasteiger partial charge on any atom is 0.244 e. The van der Waals surface area contributed by atoms with Gasteiger partial charge in [-0.05, 0) is 56.3 Å². The largest absolute Gasteiger partial charge is 0.348 e. The molecule has 36 heavy (non-hydrogen) atoms. The van der Waals surface area contributed by atoms with Crippen molar-refractivity contribution in [2.45, 2.75) is 20.4 Å². The zero-order valence-corrected chi connectivity index (χ0v) is 20.2. The third-order valence-corrected chi connectivity index (χ3v) is 5.99. The topological polar surface area (TPSA) is 77.6 Å². The van der Waals surface area contributed by atoms with Crippen LogP contribution in [0.1, 0.15) is 22.5 Å². The number of benzene rings is 2. The lowest BCUT2D eigenvalue weighted by atomic mass is 10.1. The molecule has 2 aromatic carbocycles. The van der Waals surface area contributed by atoms with Crippen molar-refractivity contribution in [3.05, 3.63) is 120 Å². The quantitative estimate of drug-likeness (QED) is 0.334. The number of aromatic nitrogens is 5. The highest BCUT2D eigenvalue weighted by atomic mass is 16.1. The van der Waals surface area contributed by atoms with E-state index < -0.39 is 0 Å². The molecule has 0 saturated carbocycles. The molecule has 0 radical (unpaired) electrons. The first-order valence-corrected chi connectivity index (χ1v) is 11.7. The van der Waals surface area contributed by atoms with Crippen LogP contribution in [0.15, 0.2) is 97.5 Å². The molecule has 0 unspecified atom stereocenters. The second-order valence-electron chi connectivity index (χ2n) is 8.40. The minimum absolute atomic E-state index is 0.189. The van der Waals surface area contributed by atoms with Crippen LogP contribution in [0.5, 0.6) is 0 Å². The number of aryl methyl sites for hydroxylation is 1. The lowest BCUT2D eigenvalue weighted by Gasteiger charge is -2.06. The van der Waals surface area contributed by atoms with Gasteiger partial charge in [-0.1, -0.05) is 36.4 Å². The number of para-hydroxylation sites is 2. The van der Waals surface area contributed by atoms with Gasteiger partial charge < -0.3 is 5.32 Å². The van der Waals surface area contributed by atoms with Crippen LogP contribution in [-0.4, -0.2) is 30.5 Å². The van der Waals surface area contributed by atoms with Crippen molar-refractivity contribution in [1.82, 2.24) is 29.9 Å². The highest BCUT2D eigenvalue weighted by Gasteiger charge is 2.14. The fraction of sp³-hybridized carbons (Fsp3) is 0.103. The van der Waals surface area contributed by atoms with Crippen LogP contribution in [0.25, 0.3) is 28.7 Å². The predicted molar refractivity (Wildman–Crippen MR) is 141 cm³/mol. The molecule has 0 bridgehead atoms. The molecule has 7 nitrogen and oxygen atoms in total. The van der Waals surface area contributed by atoms with Gasteiger partial charge in [-0.3, -0.25) is 9.78 Å². The normalized spacial score (nSPS) is 11.2. The lowest BCUT2D eigenvalue weighted by Crippen LogP contribution is -2.21. The van der Waals surface area contributed by atoms with Crippen LogP contribution in [0.2, 0.25) is 0 Å². The molecule has 0 aliphatic rings. The van der Waals surface area contributed by atoms with Gasteiger partial charge in [0.2, 0.25) is 5.91 Å². The number of carbonyl (C=O) groups excluding carboxylic acids is 1. The van der Waals surface area contributed by atoms with Crippen LogP contribution >= 0.6 is 0 Å². The molecule has 5 aromatic rings. The molecule has 0 spiro atoms. The third-order valence-electron chi connectivity index (χ3n) is 5.99. The fourth-order valence-corrected chi connectivity index (χ4v) is 4.10. The second-order valence-corrected chi connectivity index (χ2v) is 8.40. The van der Waals surface area contributed by atoms with E-state index >= 15 is 0 Å². The molecule has 178 valence electrons. The minimum Gasteiger partial charge on any atom is -0.348 e. The molecule has 1 N–H and O–H groups in total. The molecule has 0 atom stereocenters. The summed E-state index contributed by atoms with van der Waals surface area (Å²) in [4.78, 5) is 17.0. The summed E-state index contributed by atoms with van der Waals surface area (Å²) in [6.07, 6.45) is 8.74. The van der Waals surface area contributed by atoms with Gasteiger partial charge in [0.1, 0.15) is 5.69 Å². The first-order chi connectivity index (χ1) is 17.6. The summed E-state index contributed by atoms with van der Waals surface area (Å²) in [5.41, 5.74) is 7.30. The van der Waals surface area contributed by atoms with Crippen molar-refractivity contribution < 1.29 is 4.79 Å². The van der Waals surface area contributed by atoms with E-state index in [9.17, 15) is 4.79 Å². The van der Waals surface area contributed by atoms with Gasteiger partial charge in [0.15, 0.2) is 0 Å². The van der Waals surface area contributed by atoms with Crippen LogP contribution < -0.4 is 5.32 Å². The molecule has 1 amide bonds. The molecule has 0 aliphatic carbocycles. The van der Waals surface area contributed by atoms with Crippen molar-refractivity contribution in [2.75, 3.05) is 0 Å². The maximum atomic E-state index is 12.7. The average Bonchev–Trinajstić information content (AvgIpc) is 3.48. The minimum atomic E-state index is -0.189. The van der Waals surface area contributed by atoms with Gasteiger partial charge in [0.05, 0.1) is 17.1 Å². The summed E-state index contributed by atoms with van der Waals surface area (Å²) in [5, 5.41) is 12.4. The molecule has 5 rings (SSSR count). The molecular formula is C29H26N6O. The molecular weight excluding hydrogens is 448 g/mol. The Hall–Kier alpha value is -4.78. The number of amides is 1. The monoisotopic (exact) mass is 474 g/mol. The van der Waals surface area contributed by atoms with E-state index in [0.29, 0.717) is 6.54 Å². The van der Waals surface area contributed by atoms with Crippen LogP contribution in [0.4, 0.5) is 0 Å². The van der Waals surface area contributed by atoms with E-state index in [1.54, 1.807) is 24.5 Å². The van der Waals surface area contributed by atoms with Crippen molar-refractivity contribution in [3.63, 3.8) is 0 Å². The predicted octanol–water partition coefficient (Wildman–Crippen LogP) is 5.07. The van der Waals surface area contributed by atoms with E-state index in [2.05, 4.69) is 15.4 Å². The molecule has 7 heteroatoms. The lowest BCUT2D eigenvalue weighted by molar-refractivity contribution is -0.116. The highest BCUT2D eigenvalue weighted by Crippen LogP contribution is 2.24. The second kappa shape index (κ2) is 10.2. The molecule has 0 fully saturated rings. The number of rotatable bonds is 7. The van der Waals surface area contributed by atoms with Crippen molar-refractivity contribution in [3.8, 4) is 22.6 Å². The fourth-order valence-electron chi connectivity index (χ4n) is 4.10. The maximum absolute atomic E-state index is 12.7. The van der Waals surface area contributed by atoms with Gasteiger partial charge in [0, 0.05) is 53.6 Å². The van der Waals surface area contributed by atoms with Crippen molar-refractivity contribution in [2.24, 2.45) is 0 Å². The van der Waals surface area contributed by atoms with Gasteiger partial charge in [-0.25, -0.2) is 9.36 Å². The van der Waals surface area contributed by atoms with Crippen molar-refractivity contribution >= 4 is 12.0 Å². The van der Waals surface area contributed by atoms with Crippen LogP contribution in [0, 0.1) is 13.8 Å². The molecule has 3 heterocycles.